The third kappa shape index (κ3) is 5.19. The van der Waals surface area contributed by atoms with Crippen molar-refractivity contribution in [3.8, 4) is 0 Å². The number of nitrogens with zero attached hydrogens (tertiary/aromatic N) is 2. The molecule has 0 aliphatic rings. The predicted molar refractivity (Wildman–Crippen MR) is 130 cm³/mol. The average Bonchev–Trinajstić information content (AvgIpc) is 3.51. The molecule has 0 aliphatic carbocycles. The maximum absolute atomic E-state index is 12.8. The van der Waals surface area contributed by atoms with Gasteiger partial charge >= 0.3 is 0 Å². The number of H-pyrrole nitrogens is 3. The first-order chi connectivity index (χ1) is 17.0. The number of anilines is 2. The molecule has 36 heavy (non-hydrogen) atoms. The van der Waals surface area contributed by atoms with E-state index < -0.39 is 22.6 Å². The number of rotatable bonds is 9. The van der Waals surface area contributed by atoms with Gasteiger partial charge in [-0.2, -0.15) is 0 Å². The molecule has 0 unspecified atom stereocenters. The van der Waals surface area contributed by atoms with Crippen LogP contribution in [0.1, 0.15) is 54.6 Å². The number of carbonyl (C=O) groups is 3. The molecule has 190 valence electrons. The summed E-state index contributed by atoms with van der Waals surface area (Å²) in [6.45, 7) is 4.88. The van der Waals surface area contributed by atoms with Crippen molar-refractivity contribution in [2.75, 3.05) is 17.2 Å². The lowest BCUT2D eigenvalue weighted by Gasteiger charge is -2.07. The number of aromatic amines is 3. The molecule has 0 saturated carbocycles. The Morgan fingerprint density at radius 3 is 1.86 bits per heavy atom. The first-order valence-electron chi connectivity index (χ1n) is 10.6. The van der Waals surface area contributed by atoms with Crippen LogP contribution in [0.5, 0.6) is 0 Å². The predicted octanol–water partition coefficient (Wildman–Crippen LogP) is 1.88. The second-order valence-corrected chi connectivity index (χ2v) is 7.84. The molecule has 3 rings (SSSR count). The van der Waals surface area contributed by atoms with Crippen LogP contribution >= 0.6 is 0 Å². The summed E-state index contributed by atoms with van der Waals surface area (Å²) in [6.07, 6.45) is 4.20. The Hall–Kier alpha value is -5.08. The summed E-state index contributed by atoms with van der Waals surface area (Å²) in [5.41, 5.74) is 7.42. The lowest BCUT2D eigenvalue weighted by atomic mass is 10.2. The van der Waals surface area contributed by atoms with E-state index in [9.17, 15) is 24.5 Å². The van der Waals surface area contributed by atoms with Gasteiger partial charge < -0.3 is 41.8 Å². The summed E-state index contributed by atoms with van der Waals surface area (Å²) in [5.74, 6) is -1.56. The van der Waals surface area contributed by atoms with Crippen molar-refractivity contribution in [2.24, 2.45) is 10.9 Å². The maximum Gasteiger partial charge on any atom is 0.290 e. The van der Waals surface area contributed by atoms with Crippen LogP contribution in [0.4, 0.5) is 17.1 Å². The van der Waals surface area contributed by atoms with Crippen molar-refractivity contribution >= 4 is 40.6 Å². The number of oxime groups is 1. The van der Waals surface area contributed by atoms with Gasteiger partial charge in [-0.1, -0.05) is 5.16 Å². The zero-order valence-electron chi connectivity index (χ0n) is 19.6. The topological polar surface area (TPSA) is 236 Å². The Morgan fingerprint density at radius 2 is 1.39 bits per heavy atom. The minimum absolute atomic E-state index is 0.0207. The van der Waals surface area contributed by atoms with E-state index in [1.54, 1.807) is 13.8 Å². The molecule has 15 heteroatoms. The minimum Gasteiger partial charge on any atom is -0.409 e. The van der Waals surface area contributed by atoms with Gasteiger partial charge in [0.25, 0.3) is 23.4 Å². The number of carbonyl (C=O) groups excluding carboxylic acids is 3. The molecule has 0 aromatic carbocycles. The molecule has 3 heterocycles. The Bertz CT molecular complexity index is 1360. The number of hydrogen-bond donors (Lipinski definition) is 8. The van der Waals surface area contributed by atoms with Crippen molar-refractivity contribution in [3.05, 3.63) is 62.5 Å². The second kappa shape index (κ2) is 10.5. The standard InChI is InChI=1S/C21H25N9O6/c1-9-12(6-24-16(9)19(31)23-5-4-15(22)29-34)27-20(32)17-10(2)13(7-25-17)28-21(33)18-11(3)14(8-26-18)30(35)36/h6-8,24-26,34H,4-5H2,1-3H3,(H2,22,29)(H,23,31)(H,27,32)(H,28,33). The number of nitro groups is 1. The van der Waals surface area contributed by atoms with Crippen molar-refractivity contribution < 1.29 is 24.5 Å². The highest BCUT2D eigenvalue weighted by Gasteiger charge is 2.23. The molecule has 0 spiro atoms. The van der Waals surface area contributed by atoms with E-state index in [-0.39, 0.29) is 47.1 Å². The van der Waals surface area contributed by atoms with E-state index >= 15 is 0 Å². The molecule has 0 saturated heterocycles. The summed E-state index contributed by atoms with van der Waals surface area (Å²) in [6, 6.07) is 0. The minimum atomic E-state index is -0.598. The number of aromatic nitrogens is 3. The van der Waals surface area contributed by atoms with Crippen molar-refractivity contribution in [2.45, 2.75) is 27.2 Å². The quantitative estimate of drug-likeness (QED) is 0.0714. The van der Waals surface area contributed by atoms with E-state index in [4.69, 9.17) is 10.9 Å². The summed E-state index contributed by atoms with van der Waals surface area (Å²) in [4.78, 5) is 56.4. The molecule has 0 aliphatic heterocycles. The summed E-state index contributed by atoms with van der Waals surface area (Å²) < 4.78 is 0. The molecule has 3 aromatic heterocycles. The third-order valence-electron chi connectivity index (χ3n) is 5.56. The molecule has 9 N–H and O–H groups in total. The van der Waals surface area contributed by atoms with Crippen LogP contribution in [0.15, 0.2) is 23.7 Å². The third-order valence-corrected chi connectivity index (χ3v) is 5.56. The van der Waals surface area contributed by atoms with Crippen LogP contribution in [0.2, 0.25) is 0 Å². The Morgan fingerprint density at radius 1 is 0.917 bits per heavy atom. The van der Waals surface area contributed by atoms with Gasteiger partial charge in [0, 0.05) is 36.5 Å². The van der Waals surface area contributed by atoms with E-state index in [1.165, 1.54) is 19.3 Å². The first kappa shape index (κ1) is 25.5. The fourth-order valence-corrected chi connectivity index (χ4v) is 3.45. The molecule has 15 nitrogen and oxygen atoms in total. The van der Waals surface area contributed by atoms with Gasteiger partial charge in [0.2, 0.25) is 0 Å². The Labute approximate surface area is 203 Å². The van der Waals surface area contributed by atoms with Crippen molar-refractivity contribution in [3.63, 3.8) is 0 Å². The molecule has 3 aromatic rings. The lowest BCUT2D eigenvalue weighted by molar-refractivity contribution is -0.385. The summed E-state index contributed by atoms with van der Waals surface area (Å²) in [5, 5.41) is 30.3. The zero-order valence-corrected chi connectivity index (χ0v) is 19.6. The Balaban J connectivity index is 1.67. The van der Waals surface area contributed by atoms with Crippen LogP contribution < -0.4 is 21.7 Å². The lowest BCUT2D eigenvalue weighted by Crippen LogP contribution is -2.28. The highest BCUT2D eigenvalue weighted by molar-refractivity contribution is 6.09. The van der Waals surface area contributed by atoms with Gasteiger partial charge in [0.1, 0.15) is 22.9 Å². The van der Waals surface area contributed by atoms with Gasteiger partial charge in [0.05, 0.1) is 28.1 Å². The molecule has 3 amide bonds. The van der Waals surface area contributed by atoms with Gasteiger partial charge in [-0.3, -0.25) is 24.5 Å². The maximum atomic E-state index is 12.8. The average molecular weight is 499 g/mol. The monoisotopic (exact) mass is 499 g/mol. The van der Waals surface area contributed by atoms with Crippen molar-refractivity contribution in [1.29, 1.82) is 0 Å². The smallest absolute Gasteiger partial charge is 0.290 e. The molecule has 0 radical (unpaired) electrons. The van der Waals surface area contributed by atoms with Crippen LogP contribution in [0, 0.1) is 30.9 Å². The highest BCUT2D eigenvalue weighted by atomic mass is 16.6. The Kier molecular flexibility index (Phi) is 7.42. The fraction of sp³-hybridized carbons (Fsp3) is 0.238. The normalized spacial score (nSPS) is 11.2. The van der Waals surface area contributed by atoms with Crippen molar-refractivity contribution in [1.82, 2.24) is 20.3 Å². The van der Waals surface area contributed by atoms with Gasteiger partial charge in [-0.05, 0) is 20.8 Å². The molecular formula is C21H25N9O6. The van der Waals surface area contributed by atoms with Gasteiger partial charge in [-0.25, -0.2) is 0 Å². The van der Waals surface area contributed by atoms with E-state index in [1.807, 2.05) is 0 Å². The fourth-order valence-electron chi connectivity index (χ4n) is 3.45. The van der Waals surface area contributed by atoms with Crippen LogP contribution in [-0.2, 0) is 0 Å². The zero-order chi connectivity index (χ0) is 26.6. The van der Waals surface area contributed by atoms with Gasteiger partial charge in [0.15, 0.2) is 0 Å². The van der Waals surface area contributed by atoms with E-state index in [0.717, 1.165) is 6.20 Å². The number of nitrogens with two attached hydrogens (primary N) is 1. The number of hydrogen-bond acceptors (Lipinski definition) is 7. The number of amides is 3. The summed E-state index contributed by atoms with van der Waals surface area (Å²) in [7, 11) is 0. The van der Waals surface area contributed by atoms with Crippen LogP contribution in [0.3, 0.4) is 0 Å². The first-order valence-corrected chi connectivity index (χ1v) is 10.6. The molecular weight excluding hydrogens is 474 g/mol. The van der Waals surface area contributed by atoms with E-state index in [2.05, 4.69) is 36.1 Å². The molecule has 0 atom stereocenters. The van der Waals surface area contributed by atoms with Crippen LogP contribution in [0.25, 0.3) is 0 Å². The van der Waals surface area contributed by atoms with E-state index in [0.29, 0.717) is 22.5 Å². The second-order valence-electron chi connectivity index (χ2n) is 7.84. The largest absolute Gasteiger partial charge is 0.409 e. The molecule has 0 bridgehead atoms. The summed E-state index contributed by atoms with van der Waals surface area (Å²) >= 11 is 0. The number of nitrogens with one attached hydrogen (secondary N) is 6. The highest BCUT2D eigenvalue weighted by Crippen LogP contribution is 2.25. The SMILES string of the molecule is Cc1c(NC(=O)c2[nH]cc(NC(=O)c3[nH]cc([N+](=O)[O-])c3C)c2C)c[nH]c1C(=O)NCCC(N)=NO. The van der Waals surface area contributed by atoms with Crippen LogP contribution in [-0.4, -0.2) is 55.2 Å². The molecule has 0 fully saturated rings. The number of amidine groups is 1. The van der Waals surface area contributed by atoms with Gasteiger partial charge in [-0.15, -0.1) is 0 Å².